The van der Waals surface area contributed by atoms with Crippen LogP contribution in [0.4, 0.5) is 5.82 Å². The van der Waals surface area contributed by atoms with Crippen molar-refractivity contribution in [2.45, 2.75) is 69.4 Å². The molecule has 1 saturated heterocycles. The first-order chi connectivity index (χ1) is 14.9. The maximum Gasteiger partial charge on any atom is 0.270 e. The second kappa shape index (κ2) is 8.08. The molecule has 4 N–H and O–H groups in total. The lowest BCUT2D eigenvalue weighted by atomic mass is 9.52. The van der Waals surface area contributed by atoms with Crippen molar-refractivity contribution in [2.24, 2.45) is 29.4 Å². The third-order valence-electron chi connectivity index (χ3n) is 8.24. The monoisotopic (exact) mass is 426 g/mol. The molecule has 6 rings (SSSR count). The third kappa shape index (κ3) is 4.29. The number of hydrogen-bond acceptors (Lipinski definition) is 5. The Morgan fingerprint density at radius 1 is 1.16 bits per heavy atom. The molecule has 31 heavy (non-hydrogen) atoms. The fraction of sp³-hybridized carbons (Fsp3) is 0.708. The van der Waals surface area contributed by atoms with E-state index in [1.165, 1.54) is 0 Å². The molecule has 2 atom stereocenters. The molecule has 4 bridgehead atoms. The summed E-state index contributed by atoms with van der Waals surface area (Å²) in [5, 5.41) is 14.1. The summed E-state index contributed by atoms with van der Waals surface area (Å²) in [4.78, 5) is 31.0. The number of nitrogens with zero attached hydrogens (tertiary/aromatic N) is 2. The van der Waals surface area contributed by atoms with Gasteiger partial charge < -0.3 is 21.1 Å². The van der Waals surface area contributed by atoms with Crippen LogP contribution in [0.5, 0.6) is 0 Å². The molecular weight excluding hydrogens is 392 g/mol. The molecule has 5 fully saturated rings. The van der Waals surface area contributed by atoms with Crippen molar-refractivity contribution in [1.82, 2.24) is 10.3 Å². The number of amides is 2. The number of anilines is 1. The minimum Gasteiger partial charge on any atom is -0.390 e. The van der Waals surface area contributed by atoms with Gasteiger partial charge in [-0.2, -0.15) is 0 Å². The van der Waals surface area contributed by atoms with Gasteiger partial charge in [0.25, 0.3) is 5.91 Å². The van der Waals surface area contributed by atoms with Crippen molar-refractivity contribution in [3.8, 4) is 0 Å². The van der Waals surface area contributed by atoms with Gasteiger partial charge in [0, 0.05) is 25.6 Å². The van der Waals surface area contributed by atoms with Crippen LogP contribution >= 0.6 is 0 Å². The predicted molar refractivity (Wildman–Crippen MR) is 117 cm³/mol. The van der Waals surface area contributed by atoms with Crippen molar-refractivity contribution in [3.05, 3.63) is 23.9 Å². The highest BCUT2D eigenvalue weighted by Crippen LogP contribution is 2.55. The van der Waals surface area contributed by atoms with Crippen LogP contribution in [-0.4, -0.2) is 46.6 Å². The maximum absolute atomic E-state index is 13.1. The second-order valence-corrected chi connectivity index (χ2v) is 10.5. The lowest BCUT2D eigenvalue weighted by molar-refractivity contribution is -0.137. The summed E-state index contributed by atoms with van der Waals surface area (Å²) >= 11 is 0. The molecule has 1 aliphatic heterocycles. The zero-order valence-electron chi connectivity index (χ0n) is 18.1. The Balaban J connectivity index is 1.20. The Morgan fingerprint density at radius 2 is 1.87 bits per heavy atom. The first-order valence-corrected chi connectivity index (χ1v) is 11.9. The summed E-state index contributed by atoms with van der Waals surface area (Å²) in [5.41, 5.74) is 5.26. The largest absolute Gasteiger partial charge is 0.390 e. The van der Waals surface area contributed by atoms with E-state index in [-0.39, 0.29) is 17.9 Å². The van der Waals surface area contributed by atoms with E-state index in [0.29, 0.717) is 35.8 Å². The third-order valence-corrected chi connectivity index (χ3v) is 8.24. The van der Waals surface area contributed by atoms with Crippen LogP contribution in [0, 0.1) is 23.7 Å². The number of aliphatic hydroxyl groups is 1. The summed E-state index contributed by atoms with van der Waals surface area (Å²) in [6.07, 6.45) is 8.19. The molecular formula is C24H34N4O3. The minimum absolute atomic E-state index is 0.0948. The number of primary amides is 1. The van der Waals surface area contributed by atoms with E-state index in [2.05, 4.69) is 15.2 Å². The van der Waals surface area contributed by atoms with E-state index < -0.39 is 5.60 Å². The quantitative estimate of drug-likeness (QED) is 0.646. The Bertz CT molecular complexity index is 835. The van der Waals surface area contributed by atoms with Crippen LogP contribution in [0.2, 0.25) is 0 Å². The van der Waals surface area contributed by atoms with Gasteiger partial charge >= 0.3 is 0 Å². The molecule has 4 aliphatic carbocycles. The number of carbonyl (C=O) groups is 2. The number of nitrogens with one attached hydrogen (secondary N) is 1. The molecule has 1 aromatic rings. The normalized spacial score (nSPS) is 34.7. The molecule has 7 nitrogen and oxygen atoms in total. The van der Waals surface area contributed by atoms with Crippen LogP contribution < -0.4 is 16.0 Å². The van der Waals surface area contributed by atoms with E-state index in [1.807, 2.05) is 12.1 Å². The molecule has 2 amide bonds. The summed E-state index contributed by atoms with van der Waals surface area (Å²) < 4.78 is 0. The molecule has 1 aromatic heterocycles. The zero-order valence-corrected chi connectivity index (χ0v) is 18.1. The van der Waals surface area contributed by atoms with Gasteiger partial charge in [0.2, 0.25) is 5.91 Å². The van der Waals surface area contributed by atoms with Gasteiger partial charge in [0.05, 0.1) is 5.60 Å². The first-order valence-electron chi connectivity index (χ1n) is 11.9. The number of carbonyl (C=O) groups excluding carboxylic acids is 2. The molecule has 2 heterocycles. The summed E-state index contributed by atoms with van der Waals surface area (Å²) in [5.74, 6) is 2.47. The molecule has 168 valence electrons. The summed E-state index contributed by atoms with van der Waals surface area (Å²) in [7, 11) is 0. The zero-order chi connectivity index (χ0) is 21.6. The van der Waals surface area contributed by atoms with E-state index in [4.69, 9.17) is 5.73 Å². The molecule has 2 unspecified atom stereocenters. The lowest BCUT2D eigenvalue weighted by Crippen LogP contribution is -2.61. The highest BCUT2D eigenvalue weighted by atomic mass is 16.3. The van der Waals surface area contributed by atoms with E-state index in [0.717, 1.165) is 70.3 Å². The number of hydrogen-bond donors (Lipinski definition) is 3. The van der Waals surface area contributed by atoms with Crippen molar-refractivity contribution < 1.29 is 14.7 Å². The number of piperidine rings is 1. The Labute approximate surface area is 183 Å². The van der Waals surface area contributed by atoms with Gasteiger partial charge in [-0.05, 0) is 87.2 Å². The Morgan fingerprint density at radius 3 is 2.52 bits per heavy atom. The molecule has 0 aromatic carbocycles. The standard InChI is InChI=1S/C24H34N4O3/c25-20(29)5-4-15-6-8-28(9-7-15)21-3-1-2-19(26-21)23(30)27-22-17-10-16-11-18(22)14-24(31,12-16)13-17/h1-3,15-18,22,31H,4-14H2,(H2,25,29)(H,27,30)/t16?,17?,18?,22-,24-. The van der Waals surface area contributed by atoms with Gasteiger partial charge in [0.1, 0.15) is 11.5 Å². The van der Waals surface area contributed by atoms with Crippen LogP contribution in [0.1, 0.15) is 68.3 Å². The number of pyridine rings is 1. The van der Waals surface area contributed by atoms with Crippen LogP contribution in [0.25, 0.3) is 0 Å². The fourth-order valence-corrected chi connectivity index (χ4v) is 6.97. The molecule has 7 heteroatoms. The minimum atomic E-state index is -0.487. The predicted octanol–water partition coefficient (Wildman–Crippen LogP) is 2.23. The first kappa shape index (κ1) is 20.7. The number of aromatic nitrogens is 1. The van der Waals surface area contributed by atoms with Crippen molar-refractivity contribution in [3.63, 3.8) is 0 Å². The van der Waals surface area contributed by atoms with Crippen LogP contribution in [-0.2, 0) is 4.79 Å². The maximum atomic E-state index is 13.1. The topological polar surface area (TPSA) is 109 Å². The van der Waals surface area contributed by atoms with Crippen molar-refractivity contribution in [2.75, 3.05) is 18.0 Å². The van der Waals surface area contributed by atoms with E-state index in [9.17, 15) is 14.7 Å². The molecule has 0 radical (unpaired) electrons. The number of nitrogens with two attached hydrogens (primary N) is 1. The smallest absolute Gasteiger partial charge is 0.270 e. The highest BCUT2D eigenvalue weighted by Gasteiger charge is 2.55. The van der Waals surface area contributed by atoms with E-state index in [1.54, 1.807) is 6.07 Å². The van der Waals surface area contributed by atoms with Crippen LogP contribution in [0.15, 0.2) is 18.2 Å². The van der Waals surface area contributed by atoms with E-state index >= 15 is 0 Å². The molecule has 4 saturated carbocycles. The molecule has 5 aliphatic rings. The lowest BCUT2D eigenvalue weighted by Gasteiger charge is -2.58. The van der Waals surface area contributed by atoms with Gasteiger partial charge in [0.15, 0.2) is 0 Å². The Hall–Kier alpha value is -2.15. The Kier molecular flexibility index (Phi) is 5.40. The van der Waals surface area contributed by atoms with Gasteiger partial charge in [-0.3, -0.25) is 9.59 Å². The average Bonchev–Trinajstić information content (AvgIpc) is 2.74. The summed E-state index contributed by atoms with van der Waals surface area (Å²) in [6.45, 7) is 1.77. The highest BCUT2D eigenvalue weighted by molar-refractivity contribution is 5.93. The van der Waals surface area contributed by atoms with Crippen molar-refractivity contribution >= 4 is 17.6 Å². The fourth-order valence-electron chi connectivity index (χ4n) is 6.97. The van der Waals surface area contributed by atoms with Gasteiger partial charge in [-0.25, -0.2) is 4.98 Å². The van der Waals surface area contributed by atoms with Crippen molar-refractivity contribution in [1.29, 1.82) is 0 Å². The summed E-state index contributed by atoms with van der Waals surface area (Å²) in [6, 6.07) is 5.84. The number of rotatable bonds is 6. The van der Waals surface area contributed by atoms with Crippen LogP contribution in [0.3, 0.4) is 0 Å². The second-order valence-electron chi connectivity index (χ2n) is 10.5. The average molecular weight is 427 g/mol. The van der Waals surface area contributed by atoms with Gasteiger partial charge in [-0.15, -0.1) is 0 Å². The molecule has 0 spiro atoms. The SMILES string of the molecule is NC(=O)CCC1CCN(c2cccc(C(=O)N[C@H]3C4CC5CC3C[C@](O)(C5)C4)n2)CC1. The van der Waals surface area contributed by atoms with Gasteiger partial charge in [-0.1, -0.05) is 6.07 Å².